The van der Waals surface area contributed by atoms with Gasteiger partial charge in [-0.05, 0) is 6.07 Å². The number of hydrogen-bond acceptors (Lipinski definition) is 11. The van der Waals surface area contributed by atoms with E-state index in [0.717, 1.165) is 10.8 Å². The van der Waals surface area contributed by atoms with Gasteiger partial charge in [-0.25, -0.2) is 4.98 Å². The van der Waals surface area contributed by atoms with Crippen molar-refractivity contribution in [3.8, 4) is 5.75 Å². The number of aliphatic hydroxyl groups is 2. The third kappa shape index (κ3) is 5.76. The quantitative estimate of drug-likeness (QED) is 0.166. The maximum absolute atomic E-state index is 12.4. The van der Waals surface area contributed by atoms with Gasteiger partial charge in [0.15, 0.2) is 17.7 Å². The molecule has 1 amide bonds. The molecule has 184 valence electrons. The van der Waals surface area contributed by atoms with Crippen LogP contribution in [0, 0.1) is 0 Å². The number of para-hydroxylation sites is 1. The van der Waals surface area contributed by atoms with Gasteiger partial charge in [0, 0.05) is 24.4 Å². The second-order valence-electron chi connectivity index (χ2n) is 7.39. The number of methoxy groups -OCH3 is 1. The molecule has 2 heterocycles. The number of carbonyl (C=O) groups excluding carboxylic acids is 2. The molecule has 0 bridgehead atoms. The SMILES string of the molecule is COC(=O)C(N)Cc1ccccc1O[PH2+]OCC1OC(n2ccnc(C(N)=O)c2=O)C(O)C1O. The fraction of sp³-hybridized carbons (Fsp3) is 0.400. The summed E-state index contributed by atoms with van der Waals surface area (Å²) >= 11 is 0. The number of primary amides is 1. The van der Waals surface area contributed by atoms with Crippen LogP contribution in [0.15, 0.2) is 41.5 Å². The number of nitrogens with two attached hydrogens (primary N) is 2. The molecule has 6 atom stereocenters. The van der Waals surface area contributed by atoms with Crippen molar-refractivity contribution in [2.75, 3.05) is 13.7 Å². The molecular weight excluding hydrogens is 471 g/mol. The number of carbonyl (C=O) groups is 2. The standard InChI is InChI=1S/C20H25N4O9P/c1-30-20(29)11(21)8-10-4-2-3-5-12(10)33-34-31-9-13-15(25)16(26)19(32-13)24-7-6-23-14(17(22)27)18(24)28/h2-7,11,13,15-16,19,25-26H,8-9,21,34H2,1H3,(H-,22,27)/p+1. The lowest BCUT2D eigenvalue weighted by Crippen LogP contribution is -2.38. The van der Waals surface area contributed by atoms with Gasteiger partial charge in [0.2, 0.25) is 0 Å². The summed E-state index contributed by atoms with van der Waals surface area (Å²) in [6, 6.07) is 6.13. The summed E-state index contributed by atoms with van der Waals surface area (Å²) in [5, 5.41) is 20.7. The maximum Gasteiger partial charge on any atom is 0.322 e. The summed E-state index contributed by atoms with van der Waals surface area (Å²) in [6.07, 6.45) is -2.50. The second-order valence-corrected chi connectivity index (χ2v) is 8.15. The van der Waals surface area contributed by atoms with E-state index in [0.29, 0.717) is 11.3 Å². The van der Waals surface area contributed by atoms with Crippen molar-refractivity contribution in [2.45, 2.75) is 37.0 Å². The Morgan fingerprint density at radius 1 is 1.29 bits per heavy atom. The van der Waals surface area contributed by atoms with E-state index < -0.39 is 62.7 Å². The highest BCUT2D eigenvalue weighted by atomic mass is 31.1. The van der Waals surface area contributed by atoms with Crippen LogP contribution in [0.5, 0.6) is 5.75 Å². The van der Waals surface area contributed by atoms with Crippen LogP contribution in [0.4, 0.5) is 0 Å². The van der Waals surface area contributed by atoms with E-state index in [1.807, 2.05) is 0 Å². The molecule has 2 aromatic rings. The first-order valence-corrected chi connectivity index (χ1v) is 11.1. The van der Waals surface area contributed by atoms with E-state index in [9.17, 15) is 24.6 Å². The first-order chi connectivity index (χ1) is 16.2. The molecule has 14 heteroatoms. The molecule has 1 aliphatic heterocycles. The zero-order valence-electron chi connectivity index (χ0n) is 18.1. The lowest BCUT2D eigenvalue weighted by Gasteiger charge is -2.17. The Balaban J connectivity index is 1.58. The Bertz CT molecular complexity index is 1080. The van der Waals surface area contributed by atoms with Gasteiger partial charge in [0.25, 0.3) is 20.5 Å². The van der Waals surface area contributed by atoms with Crippen LogP contribution in [0.1, 0.15) is 22.3 Å². The number of amides is 1. The number of benzene rings is 1. The third-order valence-corrected chi connectivity index (χ3v) is 5.81. The van der Waals surface area contributed by atoms with E-state index >= 15 is 0 Å². The van der Waals surface area contributed by atoms with E-state index in [1.165, 1.54) is 13.3 Å². The summed E-state index contributed by atoms with van der Waals surface area (Å²) in [7, 11) is 0.192. The third-order valence-electron chi connectivity index (χ3n) is 5.13. The van der Waals surface area contributed by atoms with Gasteiger partial charge in [-0.2, -0.15) is 4.52 Å². The molecule has 1 saturated heterocycles. The van der Waals surface area contributed by atoms with Gasteiger partial charge in [-0.15, -0.1) is 0 Å². The van der Waals surface area contributed by atoms with Gasteiger partial charge in [-0.1, -0.05) is 18.2 Å². The molecule has 1 fully saturated rings. The average molecular weight is 497 g/mol. The highest BCUT2D eigenvalue weighted by Crippen LogP contribution is 2.31. The van der Waals surface area contributed by atoms with Crippen molar-refractivity contribution in [3.05, 3.63) is 58.3 Å². The second kappa shape index (κ2) is 11.5. The van der Waals surface area contributed by atoms with Crippen molar-refractivity contribution in [2.24, 2.45) is 11.5 Å². The number of nitrogens with zero attached hydrogens (tertiary/aromatic N) is 2. The lowest BCUT2D eigenvalue weighted by molar-refractivity contribution is -0.142. The first kappa shape index (κ1) is 25.7. The van der Waals surface area contributed by atoms with E-state index in [1.54, 1.807) is 24.3 Å². The Morgan fingerprint density at radius 2 is 2.03 bits per heavy atom. The average Bonchev–Trinajstić information content (AvgIpc) is 3.10. The smallest absolute Gasteiger partial charge is 0.322 e. The Kier molecular flexibility index (Phi) is 8.67. The fourth-order valence-corrected chi connectivity index (χ4v) is 4.04. The van der Waals surface area contributed by atoms with Crippen LogP contribution in [0.2, 0.25) is 0 Å². The van der Waals surface area contributed by atoms with Gasteiger partial charge in [0.1, 0.15) is 31.0 Å². The monoisotopic (exact) mass is 497 g/mol. The van der Waals surface area contributed by atoms with Crippen molar-refractivity contribution in [3.63, 3.8) is 0 Å². The highest BCUT2D eigenvalue weighted by molar-refractivity contribution is 7.26. The fourth-order valence-electron chi connectivity index (χ4n) is 3.37. The van der Waals surface area contributed by atoms with Gasteiger partial charge in [-0.3, -0.25) is 19.0 Å². The minimum Gasteiger partial charge on any atom is -0.468 e. The summed E-state index contributed by atoms with van der Waals surface area (Å²) in [5.74, 6) is -1.10. The minimum atomic E-state index is -1.47. The van der Waals surface area contributed by atoms with Crippen LogP contribution in [-0.2, 0) is 25.2 Å². The van der Waals surface area contributed by atoms with Crippen LogP contribution in [0.3, 0.4) is 0 Å². The number of rotatable bonds is 10. The predicted octanol–water partition coefficient (Wildman–Crippen LogP) is -1.66. The Labute approximate surface area is 195 Å². The van der Waals surface area contributed by atoms with Crippen molar-refractivity contribution >= 4 is 20.9 Å². The summed E-state index contributed by atoms with van der Waals surface area (Å²) in [5.41, 5.74) is 10.3. The summed E-state index contributed by atoms with van der Waals surface area (Å²) in [6.45, 7) is -0.142. The summed E-state index contributed by atoms with van der Waals surface area (Å²) < 4.78 is 22.4. The van der Waals surface area contributed by atoms with Gasteiger partial charge < -0.3 is 35.7 Å². The van der Waals surface area contributed by atoms with Crippen molar-refractivity contribution in [1.82, 2.24) is 9.55 Å². The topological polar surface area (TPSA) is 198 Å². The highest BCUT2D eigenvalue weighted by Gasteiger charge is 2.45. The number of aliphatic hydroxyl groups excluding tert-OH is 2. The van der Waals surface area contributed by atoms with Crippen LogP contribution in [-0.4, -0.2) is 69.7 Å². The zero-order chi connectivity index (χ0) is 24.8. The van der Waals surface area contributed by atoms with Crippen LogP contribution in [0.25, 0.3) is 0 Å². The molecule has 0 spiro atoms. The molecule has 0 saturated carbocycles. The minimum absolute atomic E-state index is 0.142. The molecule has 34 heavy (non-hydrogen) atoms. The maximum atomic E-state index is 12.4. The van der Waals surface area contributed by atoms with E-state index in [4.69, 9.17) is 25.3 Å². The van der Waals surface area contributed by atoms with Gasteiger partial charge in [0.05, 0.1) is 7.11 Å². The van der Waals surface area contributed by atoms with Crippen molar-refractivity contribution < 1.29 is 38.3 Å². The molecular formula is C20H26N4O9P+. The molecule has 1 aromatic carbocycles. The molecule has 13 nitrogen and oxygen atoms in total. The molecule has 6 unspecified atom stereocenters. The van der Waals surface area contributed by atoms with E-state index in [-0.39, 0.29) is 13.0 Å². The predicted molar refractivity (Wildman–Crippen MR) is 119 cm³/mol. The molecule has 3 rings (SSSR count). The largest absolute Gasteiger partial charge is 0.468 e. The normalized spacial score (nSPS) is 23.2. The number of esters is 1. The molecule has 1 aliphatic rings. The number of aromatic nitrogens is 2. The van der Waals surface area contributed by atoms with Crippen LogP contribution < -0.4 is 21.6 Å². The molecule has 1 aromatic heterocycles. The Hall–Kier alpha value is -2.93. The first-order valence-electron chi connectivity index (χ1n) is 10.1. The molecule has 6 N–H and O–H groups in total. The zero-order valence-corrected chi connectivity index (χ0v) is 19.3. The lowest BCUT2D eigenvalue weighted by atomic mass is 10.1. The Morgan fingerprint density at radius 3 is 2.74 bits per heavy atom. The summed E-state index contributed by atoms with van der Waals surface area (Å²) in [4.78, 5) is 38.9. The molecule has 0 aliphatic carbocycles. The number of hydrogen-bond donors (Lipinski definition) is 4. The van der Waals surface area contributed by atoms with E-state index in [2.05, 4.69) is 9.72 Å². The molecule has 0 radical (unpaired) electrons. The number of ether oxygens (including phenoxy) is 2. The van der Waals surface area contributed by atoms with Crippen molar-refractivity contribution in [1.29, 1.82) is 0 Å². The van der Waals surface area contributed by atoms with Crippen LogP contribution >= 0.6 is 9.03 Å². The van der Waals surface area contributed by atoms with Gasteiger partial charge >= 0.3 is 5.97 Å².